The maximum absolute atomic E-state index is 11.4. The third-order valence-electron chi connectivity index (χ3n) is 4.80. The third kappa shape index (κ3) is 2.23. The standard InChI is InChI=1S/C15H22N2O2S/c1-3-7-15(13-9-16-10-14(13)15)11-5-4-6-12(8-11)17-20(2,18)19/h4-6,8,13-14,16-17H,3,7,9-10H2,1-2H3. The summed E-state index contributed by atoms with van der Waals surface area (Å²) in [5.74, 6) is 1.44. The summed E-state index contributed by atoms with van der Waals surface area (Å²) in [4.78, 5) is 0. The van der Waals surface area contributed by atoms with E-state index in [1.54, 1.807) is 0 Å². The quantitative estimate of drug-likeness (QED) is 0.872. The molecular weight excluding hydrogens is 272 g/mol. The van der Waals surface area contributed by atoms with E-state index in [2.05, 4.69) is 23.0 Å². The second-order valence-electron chi connectivity index (χ2n) is 6.12. The van der Waals surface area contributed by atoms with E-state index in [9.17, 15) is 8.42 Å². The lowest BCUT2D eigenvalue weighted by Gasteiger charge is -2.22. The molecule has 0 radical (unpaired) electrons. The average Bonchev–Trinajstić information content (AvgIpc) is 2.75. The van der Waals surface area contributed by atoms with Crippen LogP contribution in [0, 0.1) is 11.8 Å². The fraction of sp³-hybridized carbons (Fsp3) is 0.600. The molecule has 20 heavy (non-hydrogen) atoms. The smallest absolute Gasteiger partial charge is 0.229 e. The van der Waals surface area contributed by atoms with Gasteiger partial charge in [0, 0.05) is 11.1 Å². The van der Waals surface area contributed by atoms with Gasteiger partial charge in [-0.1, -0.05) is 25.5 Å². The van der Waals surface area contributed by atoms with E-state index < -0.39 is 10.0 Å². The molecule has 2 N–H and O–H groups in total. The van der Waals surface area contributed by atoms with Gasteiger partial charge in [-0.25, -0.2) is 8.42 Å². The van der Waals surface area contributed by atoms with Gasteiger partial charge < -0.3 is 5.32 Å². The molecule has 4 nitrogen and oxygen atoms in total. The molecule has 5 heteroatoms. The van der Waals surface area contributed by atoms with Gasteiger partial charge in [-0.3, -0.25) is 4.72 Å². The van der Waals surface area contributed by atoms with Crippen LogP contribution in [0.15, 0.2) is 24.3 Å². The van der Waals surface area contributed by atoms with Crippen LogP contribution in [0.25, 0.3) is 0 Å². The van der Waals surface area contributed by atoms with E-state index in [0.29, 0.717) is 5.69 Å². The van der Waals surface area contributed by atoms with Crippen LogP contribution in [0.2, 0.25) is 0 Å². The van der Waals surface area contributed by atoms with Crippen molar-refractivity contribution in [2.45, 2.75) is 25.2 Å². The second-order valence-corrected chi connectivity index (χ2v) is 7.87. The zero-order valence-electron chi connectivity index (χ0n) is 12.0. The highest BCUT2D eigenvalue weighted by atomic mass is 32.2. The topological polar surface area (TPSA) is 58.2 Å². The molecule has 0 bridgehead atoms. The molecule has 1 aliphatic heterocycles. The summed E-state index contributed by atoms with van der Waals surface area (Å²) in [5, 5.41) is 3.45. The lowest BCUT2D eigenvalue weighted by Crippen LogP contribution is -2.25. The molecule has 2 unspecified atom stereocenters. The maximum atomic E-state index is 11.4. The first-order chi connectivity index (χ1) is 9.47. The van der Waals surface area contributed by atoms with Gasteiger partial charge in [0.1, 0.15) is 0 Å². The minimum Gasteiger partial charge on any atom is -0.316 e. The Bertz CT molecular complexity index is 602. The van der Waals surface area contributed by atoms with E-state index in [0.717, 1.165) is 31.3 Å². The SMILES string of the molecule is CCCC1(c2cccc(NS(C)(=O)=O)c2)C2CNCC21. The Morgan fingerprint density at radius 3 is 2.65 bits per heavy atom. The highest BCUT2D eigenvalue weighted by Crippen LogP contribution is 2.64. The van der Waals surface area contributed by atoms with Crippen molar-refractivity contribution in [1.29, 1.82) is 0 Å². The van der Waals surface area contributed by atoms with Crippen molar-refractivity contribution in [3.8, 4) is 0 Å². The monoisotopic (exact) mass is 294 g/mol. The largest absolute Gasteiger partial charge is 0.316 e. The van der Waals surface area contributed by atoms with Crippen molar-refractivity contribution in [2.24, 2.45) is 11.8 Å². The predicted molar refractivity (Wildman–Crippen MR) is 81.3 cm³/mol. The Labute approximate surface area is 121 Å². The van der Waals surface area contributed by atoms with Gasteiger partial charge in [-0.05, 0) is 49.0 Å². The van der Waals surface area contributed by atoms with E-state index in [4.69, 9.17) is 0 Å². The van der Waals surface area contributed by atoms with Gasteiger partial charge in [-0.2, -0.15) is 0 Å². The molecule has 1 aromatic rings. The highest BCUT2D eigenvalue weighted by molar-refractivity contribution is 7.92. The molecule has 2 atom stereocenters. The van der Waals surface area contributed by atoms with Crippen LogP contribution in [0.5, 0.6) is 0 Å². The summed E-state index contributed by atoms with van der Waals surface area (Å²) >= 11 is 0. The van der Waals surface area contributed by atoms with E-state index in [1.807, 2.05) is 18.2 Å². The number of benzene rings is 1. The number of fused-ring (bicyclic) bond motifs is 1. The number of hydrogen-bond acceptors (Lipinski definition) is 3. The summed E-state index contributed by atoms with van der Waals surface area (Å²) in [7, 11) is -3.21. The molecule has 1 saturated heterocycles. The number of nitrogens with one attached hydrogen (secondary N) is 2. The van der Waals surface area contributed by atoms with Crippen LogP contribution in [-0.4, -0.2) is 27.8 Å². The van der Waals surface area contributed by atoms with E-state index >= 15 is 0 Å². The molecular formula is C15H22N2O2S. The number of rotatable bonds is 5. The number of anilines is 1. The summed E-state index contributed by atoms with van der Waals surface area (Å²) in [5.41, 5.74) is 2.25. The van der Waals surface area contributed by atoms with Crippen LogP contribution < -0.4 is 10.0 Å². The van der Waals surface area contributed by atoms with E-state index in [-0.39, 0.29) is 5.41 Å². The average molecular weight is 294 g/mol. The minimum atomic E-state index is -3.21. The fourth-order valence-corrected chi connectivity index (χ4v) is 4.65. The molecule has 2 aliphatic rings. The lowest BCUT2D eigenvalue weighted by molar-refractivity contribution is 0.477. The molecule has 1 aromatic carbocycles. The van der Waals surface area contributed by atoms with Crippen molar-refractivity contribution in [2.75, 3.05) is 24.1 Å². The number of sulfonamides is 1. The predicted octanol–water partition coefficient (Wildman–Crippen LogP) is 1.95. The first-order valence-electron chi connectivity index (χ1n) is 7.26. The zero-order valence-corrected chi connectivity index (χ0v) is 12.8. The Kier molecular flexibility index (Phi) is 3.29. The molecule has 0 aromatic heterocycles. The molecule has 1 saturated carbocycles. The molecule has 0 spiro atoms. The Morgan fingerprint density at radius 1 is 1.35 bits per heavy atom. The molecule has 3 rings (SSSR count). The van der Waals surface area contributed by atoms with Crippen molar-refractivity contribution in [1.82, 2.24) is 5.32 Å². The summed E-state index contributed by atoms with van der Waals surface area (Å²) in [6, 6.07) is 7.96. The van der Waals surface area contributed by atoms with Gasteiger partial charge in [0.2, 0.25) is 10.0 Å². The van der Waals surface area contributed by atoms with Gasteiger partial charge in [0.05, 0.1) is 6.26 Å². The van der Waals surface area contributed by atoms with Crippen LogP contribution in [0.3, 0.4) is 0 Å². The molecule has 110 valence electrons. The third-order valence-corrected chi connectivity index (χ3v) is 5.40. The summed E-state index contributed by atoms with van der Waals surface area (Å²) < 4.78 is 25.3. The Balaban J connectivity index is 1.91. The molecule has 0 amide bonds. The normalized spacial score (nSPS) is 31.9. The van der Waals surface area contributed by atoms with Crippen molar-refractivity contribution >= 4 is 15.7 Å². The second kappa shape index (κ2) is 4.74. The Hall–Kier alpha value is -1.07. The van der Waals surface area contributed by atoms with Crippen molar-refractivity contribution < 1.29 is 8.42 Å². The molecule has 1 aliphatic carbocycles. The van der Waals surface area contributed by atoms with E-state index in [1.165, 1.54) is 18.2 Å². The van der Waals surface area contributed by atoms with Gasteiger partial charge in [-0.15, -0.1) is 0 Å². The van der Waals surface area contributed by atoms with Gasteiger partial charge >= 0.3 is 0 Å². The van der Waals surface area contributed by atoms with Crippen LogP contribution in [-0.2, 0) is 15.4 Å². The fourth-order valence-electron chi connectivity index (χ4n) is 4.09. The van der Waals surface area contributed by atoms with Crippen molar-refractivity contribution in [3.05, 3.63) is 29.8 Å². The van der Waals surface area contributed by atoms with Crippen LogP contribution in [0.4, 0.5) is 5.69 Å². The first kappa shape index (κ1) is 13.9. The summed E-state index contributed by atoms with van der Waals surface area (Å²) in [6.07, 6.45) is 3.54. The minimum absolute atomic E-state index is 0.273. The Morgan fingerprint density at radius 2 is 2.05 bits per heavy atom. The highest BCUT2D eigenvalue weighted by Gasteiger charge is 2.65. The number of piperidine rings is 1. The lowest BCUT2D eigenvalue weighted by atomic mass is 9.86. The first-order valence-corrected chi connectivity index (χ1v) is 9.15. The molecule has 1 heterocycles. The maximum Gasteiger partial charge on any atom is 0.229 e. The van der Waals surface area contributed by atoms with Gasteiger partial charge in [0.15, 0.2) is 0 Å². The molecule has 2 fully saturated rings. The van der Waals surface area contributed by atoms with Crippen molar-refractivity contribution in [3.63, 3.8) is 0 Å². The number of hydrogen-bond donors (Lipinski definition) is 2. The van der Waals surface area contributed by atoms with Crippen LogP contribution in [0.1, 0.15) is 25.3 Å². The van der Waals surface area contributed by atoms with Crippen LogP contribution >= 0.6 is 0 Å². The summed E-state index contributed by atoms with van der Waals surface area (Å²) in [6.45, 7) is 4.41. The zero-order chi connectivity index (χ0) is 14.4. The van der Waals surface area contributed by atoms with Gasteiger partial charge in [0.25, 0.3) is 0 Å².